The van der Waals surface area contributed by atoms with Crippen LogP contribution in [0.5, 0.6) is 17.2 Å². The van der Waals surface area contributed by atoms with Crippen molar-refractivity contribution in [3.63, 3.8) is 0 Å². The molecule has 572 valence electrons. The van der Waals surface area contributed by atoms with E-state index in [1.807, 2.05) is 0 Å². The summed E-state index contributed by atoms with van der Waals surface area (Å²) in [5.74, 6) is -4.83. The molecule has 3 aromatic heterocycles. The smallest absolute Gasteiger partial charge is 0.407 e. The summed E-state index contributed by atoms with van der Waals surface area (Å²) in [7, 11) is 0. The quantitative estimate of drug-likeness (QED) is 0.0191. The highest BCUT2D eigenvalue weighted by atomic mass is 16.6. The minimum Gasteiger partial charge on any atom is -0.482 e. The molecule has 0 spiro atoms. The van der Waals surface area contributed by atoms with Gasteiger partial charge in [-0.15, -0.1) is 0 Å². The summed E-state index contributed by atoms with van der Waals surface area (Å²) in [5.41, 5.74) is -2.10. The highest BCUT2D eigenvalue weighted by Gasteiger charge is 2.27. The Morgan fingerprint density at radius 2 is 0.575 bits per heavy atom. The molecule has 0 saturated heterocycles. The van der Waals surface area contributed by atoms with Crippen LogP contribution in [0.15, 0.2) is 124 Å². The lowest BCUT2D eigenvalue weighted by Gasteiger charge is -2.23. The number of benzene rings is 3. The van der Waals surface area contributed by atoms with Crippen LogP contribution in [0.1, 0.15) is 127 Å². The number of pyridine rings is 3. The van der Waals surface area contributed by atoms with Gasteiger partial charge in [-0.3, -0.25) is 48.1 Å². The number of aromatic nitrogens is 3. The Bertz CT molecular complexity index is 3790. The van der Waals surface area contributed by atoms with E-state index in [9.17, 15) is 57.5 Å². The fourth-order valence-corrected chi connectivity index (χ4v) is 10.2. The number of alkyl carbamates (subject to hydrolysis) is 3. The molecule has 3 aromatic carbocycles. The number of carbonyl (C=O) groups excluding carboxylic acids is 9. The van der Waals surface area contributed by atoms with E-state index in [-0.39, 0.29) is 149 Å². The first-order chi connectivity index (χ1) is 50.1. The monoisotopic (exact) mass is 1470 g/mol. The molecule has 9 N–H and O–H groups in total. The fourth-order valence-electron chi connectivity index (χ4n) is 10.2. The van der Waals surface area contributed by atoms with Crippen molar-refractivity contribution in [3.8, 4) is 17.2 Å². The van der Waals surface area contributed by atoms with Gasteiger partial charge in [0.2, 0.25) is 17.7 Å². The Morgan fingerprint density at radius 1 is 0.340 bits per heavy atom. The average molecular weight is 1470 g/mol. The van der Waals surface area contributed by atoms with Crippen LogP contribution in [-0.2, 0) is 68.0 Å². The number of hydrogen-bond acceptors (Lipinski definition) is 19. The van der Waals surface area contributed by atoms with E-state index in [2.05, 4.69) is 47.9 Å². The number of amides is 9. The minimum absolute atomic E-state index is 0.00435. The Morgan fingerprint density at radius 3 is 0.811 bits per heavy atom. The molecule has 0 atom stereocenters. The number of nitrogens with zero attached hydrogens (tertiary/aromatic N) is 4. The first-order valence-corrected chi connectivity index (χ1v) is 34.7. The number of hydrogen-bond donors (Lipinski definition) is 9. The van der Waals surface area contributed by atoms with Crippen molar-refractivity contribution in [2.45, 2.75) is 139 Å². The van der Waals surface area contributed by atoms with Crippen LogP contribution in [0.3, 0.4) is 0 Å². The molecule has 0 fully saturated rings. The molecule has 0 bridgehead atoms. The molecular formula is C75H99N13O18. The largest absolute Gasteiger partial charge is 0.482 e. The van der Waals surface area contributed by atoms with Gasteiger partial charge < -0.3 is 90.0 Å². The standard InChI is InChI=1S/C75H99N13O18/c1-49-40-55(64(92)79-28-31-82-70(98)104-73(4,5)6)61(101-46-52-22-16-13-17-23-52)67(95)86(49)43-58(89)76-34-37-85(38-35-77-59(90)44-87-50(2)41-56(62(68(87)96)102-47-53-24-18-14-19-25-53)65(93)80-29-32-83-71(99)105-74(7,8)9)39-36-78-60(91)45-88-51(3)42-57(63(69(88)97)103-48-54-26-20-15-21-27-54)66(94)81-30-33-84-72(100)106-75(10,11)12/h13-27,40-42H,28-39,43-48H2,1-12H3,(H,76,89)(H,77,90)(H,78,91)(H,79,92)(H,80,93)(H,81,94)(H,82,98)(H,83,99)(H,84,100). The predicted octanol–water partition coefficient (Wildman–Crippen LogP) is 4.65. The molecule has 0 aliphatic rings. The SMILES string of the molecule is Cc1cc(C(=O)NCCNC(=O)OC(C)(C)C)c(OCc2ccccc2)c(=O)n1CC(=O)NCCN(CCNC(=O)Cn1c(C)cc(C(=O)NCCNC(=O)OC(C)(C)C)c(OCc2ccccc2)c1=O)CCNC(=O)Cn1c(C)cc(C(=O)NCCNC(=O)OC(C)(C)C)c(OCc2ccccc2)c1=O. The second-order valence-corrected chi connectivity index (χ2v) is 27.5. The zero-order valence-corrected chi connectivity index (χ0v) is 62.3. The number of nitrogens with one attached hydrogen (secondary N) is 9. The molecule has 9 amide bonds. The fraction of sp³-hybridized carbons (Fsp3) is 0.440. The maximum atomic E-state index is 14.3. The summed E-state index contributed by atoms with van der Waals surface area (Å²) in [6, 6.07) is 31.0. The van der Waals surface area contributed by atoms with Gasteiger partial charge in [-0.1, -0.05) is 91.0 Å². The normalized spacial score (nSPS) is 11.3. The molecule has 106 heavy (non-hydrogen) atoms. The van der Waals surface area contributed by atoms with Crippen molar-refractivity contribution < 1.29 is 71.6 Å². The van der Waals surface area contributed by atoms with Gasteiger partial charge in [-0.2, -0.15) is 0 Å². The molecule has 0 unspecified atom stereocenters. The summed E-state index contributed by atoms with van der Waals surface area (Å²) >= 11 is 0. The van der Waals surface area contributed by atoms with Gasteiger partial charge in [0.15, 0.2) is 17.2 Å². The van der Waals surface area contributed by atoms with Gasteiger partial charge in [0.05, 0.1) is 16.7 Å². The van der Waals surface area contributed by atoms with Gasteiger partial charge in [-0.25, -0.2) is 14.4 Å². The van der Waals surface area contributed by atoms with E-state index in [1.54, 1.807) is 179 Å². The number of carbonyl (C=O) groups is 9. The van der Waals surface area contributed by atoms with Crippen molar-refractivity contribution in [1.82, 2.24) is 66.5 Å². The van der Waals surface area contributed by atoms with E-state index < -0.39 is 107 Å². The van der Waals surface area contributed by atoms with Crippen LogP contribution in [0.2, 0.25) is 0 Å². The molecule has 31 nitrogen and oxygen atoms in total. The zero-order chi connectivity index (χ0) is 77.7. The van der Waals surface area contributed by atoms with Crippen molar-refractivity contribution in [2.75, 3.05) is 78.5 Å². The molecule has 31 heteroatoms. The molecule has 0 radical (unpaired) electrons. The average Bonchev–Trinajstić information content (AvgIpc) is 0.805. The van der Waals surface area contributed by atoms with Crippen LogP contribution in [0, 0.1) is 20.8 Å². The van der Waals surface area contributed by atoms with Crippen molar-refractivity contribution in [3.05, 3.63) is 191 Å². The number of aryl methyl sites for hydroxylation is 3. The van der Waals surface area contributed by atoms with Gasteiger partial charge in [0.1, 0.15) is 56.3 Å². The first kappa shape index (κ1) is 83.4. The van der Waals surface area contributed by atoms with Crippen LogP contribution in [0.25, 0.3) is 0 Å². The maximum absolute atomic E-state index is 14.3. The lowest BCUT2D eigenvalue weighted by Crippen LogP contribution is -2.45. The summed E-state index contributed by atoms with van der Waals surface area (Å²) in [4.78, 5) is 164. The van der Waals surface area contributed by atoms with Gasteiger partial charge in [0.25, 0.3) is 34.4 Å². The van der Waals surface area contributed by atoms with Crippen LogP contribution in [0.4, 0.5) is 14.4 Å². The predicted molar refractivity (Wildman–Crippen MR) is 394 cm³/mol. The van der Waals surface area contributed by atoms with E-state index in [0.717, 1.165) is 13.7 Å². The third-order valence-electron chi connectivity index (χ3n) is 15.2. The highest BCUT2D eigenvalue weighted by molar-refractivity contribution is 5.98. The van der Waals surface area contributed by atoms with E-state index in [1.165, 1.54) is 18.2 Å². The number of rotatable bonds is 36. The van der Waals surface area contributed by atoms with Gasteiger partial charge in [0, 0.05) is 95.6 Å². The second kappa shape index (κ2) is 40.0. The second-order valence-electron chi connectivity index (χ2n) is 27.5. The van der Waals surface area contributed by atoms with Crippen LogP contribution in [-0.4, -0.2) is 168 Å². The molecule has 3 heterocycles. The Kier molecular flexibility index (Phi) is 31.5. The zero-order valence-electron chi connectivity index (χ0n) is 62.3. The summed E-state index contributed by atoms with van der Waals surface area (Å²) in [6.45, 7) is 18.3. The van der Waals surface area contributed by atoms with Gasteiger partial charge >= 0.3 is 18.3 Å². The Labute approximate surface area is 615 Å². The number of ether oxygens (including phenoxy) is 6. The summed E-state index contributed by atoms with van der Waals surface area (Å²) in [6.07, 6.45) is -2.05. The molecule has 6 rings (SSSR count). The molecule has 0 aliphatic heterocycles. The van der Waals surface area contributed by atoms with E-state index in [4.69, 9.17) is 28.4 Å². The van der Waals surface area contributed by atoms with E-state index in [0.29, 0.717) is 16.7 Å². The molecule has 6 aromatic rings. The van der Waals surface area contributed by atoms with Gasteiger partial charge in [-0.05, 0) is 118 Å². The Hall–Kier alpha value is -11.5. The summed E-state index contributed by atoms with van der Waals surface area (Å²) in [5, 5.41) is 24.2. The molecule has 0 aliphatic carbocycles. The third-order valence-corrected chi connectivity index (χ3v) is 15.2. The van der Waals surface area contributed by atoms with Crippen LogP contribution >= 0.6 is 0 Å². The highest BCUT2D eigenvalue weighted by Crippen LogP contribution is 2.22. The topological polar surface area (TPSA) is 387 Å². The third kappa shape index (κ3) is 28.3. The maximum Gasteiger partial charge on any atom is 0.407 e. The lowest BCUT2D eigenvalue weighted by molar-refractivity contribution is -0.122. The van der Waals surface area contributed by atoms with E-state index >= 15 is 0 Å². The summed E-state index contributed by atoms with van der Waals surface area (Å²) < 4.78 is 37.4. The molecule has 0 saturated carbocycles. The Balaban J connectivity index is 1.19. The molecular weight excluding hydrogens is 1370 g/mol. The minimum atomic E-state index is -0.774. The van der Waals surface area contributed by atoms with Crippen molar-refractivity contribution in [1.29, 1.82) is 0 Å². The first-order valence-electron chi connectivity index (χ1n) is 34.7. The van der Waals surface area contributed by atoms with Crippen molar-refractivity contribution in [2.24, 2.45) is 0 Å². The lowest BCUT2D eigenvalue weighted by atomic mass is 10.1. The van der Waals surface area contributed by atoms with Crippen molar-refractivity contribution >= 4 is 53.7 Å². The van der Waals surface area contributed by atoms with Crippen LogP contribution < -0.4 is 78.7 Å².